The number of nitrogens with zero attached hydrogens (tertiary/aromatic N) is 1. The highest BCUT2D eigenvalue weighted by atomic mass is 35.5. The molecule has 0 saturated carbocycles. The van der Waals surface area contributed by atoms with E-state index in [1.165, 1.54) is 0 Å². The number of hydrogen-bond donors (Lipinski definition) is 1. The second-order valence-corrected chi connectivity index (χ2v) is 5.15. The first-order valence-corrected chi connectivity index (χ1v) is 7.02. The van der Waals surface area contributed by atoms with Gasteiger partial charge in [-0.3, -0.25) is 4.79 Å². The normalized spacial score (nSPS) is 11.4. The molecule has 0 radical (unpaired) electrons. The number of benzene rings is 2. The van der Waals surface area contributed by atoms with Crippen molar-refractivity contribution in [3.8, 4) is 6.07 Å². The number of carbonyl (C=O) groups excluding carboxylic acids is 1. The topological polar surface area (TPSA) is 52.9 Å². The molecule has 3 nitrogen and oxygen atoms in total. The number of nitriles is 1. The first kappa shape index (κ1) is 15.1. The van der Waals surface area contributed by atoms with Crippen LogP contribution in [0, 0.1) is 17.2 Å². The van der Waals surface area contributed by atoms with Crippen LogP contribution in [0.4, 0.5) is 0 Å². The molecule has 0 fully saturated rings. The van der Waals surface area contributed by atoms with Gasteiger partial charge in [-0.1, -0.05) is 54.1 Å². The van der Waals surface area contributed by atoms with E-state index in [1.54, 1.807) is 12.1 Å². The van der Waals surface area contributed by atoms with Crippen molar-refractivity contribution in [2.75, 3.05) is 0 Å². The lowest BCUT2D eigenvalue weighted by atomic mass is 10.00. The van der Waals surface area contributed by atoms with Crippen LogP contribution in [0.5, 0.6) is 0 Å². The van der Waals surface area contributed by atoms with Crippen molar-refractivity contribution in [2.24, 2.45) is 5.92 Å². The Labute approximate surface area is 129 Å². The monoisotopic (exact) mass is 298 g/mol. The molecule has 2 aromatic rings. The van der Waals surface area contributed by atoms with Gasteiger partial charge >= 0.3 is 0 Å². The Kier molecular flexibility index (Phi) is 5.36. The van der Waals surface area contributed by atoms with E-state index in [1.807, 2.05) is 42.5 Å². The standard InChI is InChI=1S/C17H15ClN2O/c18-16-8-6-14(7-9-16)12-20-17(21)15(11-19)10-13-4-2-1-3-5-13/h1-9,15H,10,12H2,(H,20,21). The van der Waals surface area contributed by atoms with Crippen LogP contribution in [0.2, 0.25) is 5.02 Å². The van der Waals surface area contributed by atoms with E-state index in [4.69, 9.17) is 16.9 Å². The van der Waals surface area contributed by atoms with E-state index >= 15 is 0 Å². The fourth-order valence-corrected chi connectivity index (χ4v) is 2.09. The molecular weight excluding hydrogens is 284 g/mol. The van der Waals surface area contributed by atoms with Gasteiger partial charge in [0, 0.05) is 11.6 Å². The fourth-order valence-electron chi connectivity index (χ4n) is 1.96. The van der Waals surface area contributed by atoms with E-state index in [9.17, 15) is 4.79 Å². The van der Waals surface area contributed by atoms with Gasteiger partial charge in [0.25, 0.3) is 0 Å². The molecule has 0 bridgehead atoms. The van der Waals surface area contributed by atoms with Crippen molar-refractivity contribution < 1.29 is 4.79 Å². The maximum absolute atomic E-state index is 12.1. The van der Waals surface area contributed by atoms with Crippen molar-refractivity contribution in [1.29, 1.82) is 5.26 Å². The van der Waals surface area contributed by atoms with Crippen LogP contribution >= 0.6 is 11.6 Å². The van der Waals surface area contributed by atoms with Crippen molar-refractivity contribution in [2.45, 2.75) is 13.0 Å². The number of nitrogens with one attached hydrogen (secondary N) is 1. The summed E-state index contributed by atoms with van der Waals surface area (Å²) in [6.07, 6.45) is 0.420. The molecule has 2 rings (SSSR count). The van der Waals surface area contributed by atoms with E-state index in [0.29, 0.717) is 18.0 Å². The van der Waals surface area contributed by atoms with Gasteiger partial charge in [0.1, 0.15) is 5.92 Å². The molecule has 0 aromatic heterocycles. The predicted molar refractivity (Wildman–Crippen MR) is 82.5 cm³/mol. The smallest absolute Gasteiger partial charge is 0.237 e. The van der Waals surface area contributed by atoms with Crippen molar-refractivity contribution in [1.82, 2.24) is 5.32 Å². The largest absolute Gasteiger partial charge is 0.351 e. The summed E-state index contributed by atoms with van der Waals surface area (Å²) in [5.41, 5.74) is 1.93. The Hall–Kier alpha value is -2.31. The average Bonchev–Trinajstić information content (AvgIpc) is 2.52. The zero-order valence-electron chi connectivity index (χ0n) is 11.4. The molecule has 0 aliphatic heterocycles. The molecule has 106 valence electrons. The Balaban J connectivity index is 1.91. The maximum atomic E-state index is 12.1. The van der Waals surface area contributed by atoms with Gasteiger partial charge in [0.05, 0.1) is 6.07 Å². The Morgan fingerprint density at radius 1 is 1.10 bits per heavy atom. The zero-order valence-corrected chi connectivity index (χ0v) is 12.2. The summed E-state index contributed by atoms with van der Waals surface area (Å²) in [6, 6.07) is 18.8. The summed E-state index contributed by atoms with van der Waals surface area (Å²) in [6.45, 7) is 0.392. The first-order chi connectivity index (χ1) is 10.2. The summed E-state index contributed by atoms with van der Waals surface area (Å²) in [5.74, 6) is -0.934. The summed E-state index contributed by atoms with van der Waals surface area (Å²) in [5, 5.41) is 12.6. The van der Waals surface area contributed by atoms with E-state index in [2.05, 4.69) is 11.4 Å². The summed E-state index contributed by atoms with van der Waals surface area (Å²) in [4.78, 5) is 12.1. The third-order valence-electron chi connectivity index (χ3n) is 3.13. The molecule has 0 heterocycles. The van der Waals surface area contributed by atoms with Gasteiger partial charge in [0.15, 0.2) is 0 Å². The predicted octanol–water partition coefficient (Wildman–Crippen LogP) is 3.34. The summed E-state index contributed by atoms with van der Waals surface area (Å²) < 4.78 is 0. The van der Waals surface area contributed by atoms with E-state index in [-0.39, 0.29) is 5.91 Å². The molecule has 2 aromatic carbocycles. The van der Waals surface area contributed by atoms with E-state index in [0.717, 1.165) is 11.1 Å². The number of amides is 1. The highest BCUT2D eigenvalue weighted by Gasteiger charge is 2.17. The second kappa shape index (κ2) is 7.47. The van der Waals surface area contributed by atoms with Gasteiger partial charge in [-0.25, -0.2) is 0 Å². The van der Waals surface area contributed by atoms with Crippen molar-refractivity contribution >= 4 is 17.5 Å². The van der Waals surface area contributed by atoms with Gasteiger partial charge in [-0.05, 0) is 29.7 Å². The molecule has 1 amide bonds. The second-order valence-electron chi connectivity index (χ2n) is 4.72. The van der Waals surface area contributed by atoms with Crippen LogP contribution in [0.3, 0.4) is 0 Å². The van der Waals surface area contributed by atoms with Crippen LogP contribution in [0.25, 0.3) is 0 Å². The lowest BCUT2D eigenvalue weighted by Crippen LogP contribution is -2.30. The molecular formula is C17H15ClN2O. The molecule has 0 spiro atoms. The quantitative estimate of drug-likeness (QED) is 0.920. The fraction of sp³-hybridized carbons (Fsp3) is 0.176. The molecule has 1 N–H and O–H groups in total. The molecule has 1 atom stereocenters. The minimum Gasteiger partial charge on any atom is -0.351 e. The number of carbonyl (C=O) groups is 1. The van der Waals surface area contributed by atoms with Crippen LogP contribution in [0.15, 0.2) is 54.6 Å². The molecule has 0 aliphatic rings. The van der Waals surface area contributed by atoms with Crippen LogP contribution in [-0.4, -0.2) is 5.91 Å². The van der Waals surface area contributed by atoms with Gasteiger partial charge in [-0.15, -0.1) is 0 Å². The molecule has 0 aliphatic carbocycles. The van der Waals surface area contributed by atoms with Crippen LogP contribution in [-0.2, 0) is 17.8 Å². The van der Waals surface area contributed by atoms with Crippen LogP contribution in [0.1, 0.15) is 11.1 Å². The lowest BCUT2D eigenvalue weighted by Gasteiger charge is -2.10. The summed E-state index contributed by atoms with van der Waals surface area (Å²) in [7, 11) is 0. The molecule has 4 heteroatoms. The lowest BCUT2D eigenvalue weighted by molar-refractivity contribution is -0.123. The number of hydrogen-bond acceptors (Lipinski definition) is 2. The molecule has 1 unspecified atom stereocenters. The minimum atomic E-state index is -0.681. The maximum Gasteiger partial charge on any atom is 0.237 e. The Morgan fingerprint density at radius 2 is 1.76 bits per heavy atom. The van der Waals surface area contributed by atoms with Crippen molar-refractivity contribution in [3.63, 3.8) is 0 Å². The van der Waals surface area contributed by atoms with Gasteiger partial charge in [-0.2, -0.15) is 5.26 Å². The van der Waals surface area contributed by atoms with Gasteiger partial charge in [0.2, 0.25) is 5.91 Å². The molecule has 21 heavy (non-hydrogen) atoms. The average molecular weight is 299 g/mol. The number of rotatable bonds is 5. The third-order valence-corrected chi connectivity index (χ3v) is 3.39. The summed E-state index contributed by atoms with van der Waals surface area (Å²) >= 11 is 5.81. The zero-order chi connectivity index (χ0) is 15.1. The first-order valence-electron chi connectivity index (χ1n) is 6.65. The minimum absolute atomic E-state index is 0.253. The Bertz CT molecular complexity index is 632. The third kappa shape index (κ3) is 4.62. The Morgan fingerprint density at radius 3 is 2.38 bits per heavy atom. The van der Waals surface area contributed by atoms with Crippen LogP contribution < -0.4 is 5.32 Å². The highest BCUT2D eigenvalue weighted by molar-refractivity contribution is 6.30. The highest BCUT2D eigenvalue weighted by Crippen LogP contribution is 2.11. The van der Waals surface area contributed by atoms with Crippen molar-refractivity contribution in [3.05, 3.63) is 70.7 Å². The molecule has 0 saturated heterocycles. The van der Waals surface area contributed by atoms with Gasteiger partial charge < -0.3 is 5.32 Å². The number of halogens is 1. The SMILES string of the molecule is N#CC(Cc1ccccc1)C(=O)NCc1ccc(Cl)cc1. The van der Waals surface area contributed by atoms with E-state index < -0.39 is 5.92 Å².